The second-order valence-electron chi connectivity index (χ2n) is 4.54. The SMILES string of the molecule is O=C1[C@@H]2CC[C@H]1CN(c1nccc(=O)[nH]1)C2. The molecule has 0 radical (unpaired) electrons. The molecule has 2 fully saturated rings. The van der Waals surface area contributed by atoms with Crippen molar-refractivity contribution in [1.82, 2.24) is 9.97 Å². The van der Waals surface area contributed by atoms with E-state index < -0.39 is 0 Å². The van der Waals surface area contributed by atoms with Gasteiger partial charge in [0.25, 0.3) is 5.56 Å². The standard InChI is InChI=1S/C11H13N3O2/c15-9-3-4-12-11(13-9)14-5-7-1-2-8(6-14)10(7)16/h3-4,7-8H,1-2,5-6H2,(H,12,13,15)/t7-,8+. The molecule has 5 nitrogen and oxygen atoms in total. The number of H-pyrrole nitrogens is 1. The zero-order valence-corrected chi connectivity index (χ0v) is 8.85. The zero-order chi connectivity index (χ0) is 11.1. The number of hydrogen-bond acceptors (Lipinski definition) is 4. The van der Waals surface area contributed by atoms with E-state index in [1.165, 1.54) is 12.3 Å². The van der Waals surface area contributed by atoms with E-state index in [0.717, 1.165) is 12.8 Å². The molecule has 1 saturated carbocycles. The maximum atomic E-state index is 11.7. The van der Waals surface area contributed by atoms with Crippen molar-refractivity contribution in [2.75, 3.05) is 18.0 Å². The summed E-state index contributed by atoms with van der Waals surface area (Å²) in [6.07, 6.45) is 3.47. The number of Topliss-reactive ketones (excluding diaryl/α,β-unsaturated/α-hetero) is 1. The van der Waals surface area contributed by atoms with Crippen LogP contribution in [0.2, 0.25) is 0 Å². The highest BCUT2D eigenvalue weighted by Gasteiger charge is 2.41. The zero-order valence-electron chi connectivity index (χ0n) is 8.85. The molecule has 16 heavy (non-hydrogen) atoms. The van der Waals surface area contributed by atoms with Gasteiger partial charge in [0.2, 0.25) is 5.95 Å². The Balaban J connectivity index is 1.88. The van der Waals surface area contributed by atoms with E-state index in [-0.39, 0.29) is 17.4 Å². The monoisotopic (exact) mass is 219 g/mol. The summed E-state index contributed by atoms with van der Waals surface area (Å²) in [5.74, 6) is 1.28. The van der Waals surface area contributed by atoms with Crippen LogP contribution in [-0.2, 0) is 4.79 Å². The Kier molecular flexibility index (Phi) is 2.05. The van der Waals surface area contributed by atoms with Gasteiger partial charge in [-0.15, -0.1) is 0 Å². The quantitative estimate of drug-likeness (QED) is 0.732. The highest BCUT2D eigenvalue weighted by Crippen LogP contribution is 2.34. The lowest BCUT2D eigenvalue weighted by atomic mass is 9.97. The molecule has 1 N–H and O–H groups in total. The maximum Gasteiger partial charge on any atom is 0.252 e. The van der Waals surface area contributed by atoms with Gasteiger partial charge in [0, 0.05) is 37.2 Å². The average Bonchev–Trinajstić information content (AvgIpc) is 2.53. The van der Waals surface area contributed by atoms with Crippen LogP contribution in [0.4, 0.5) is 5.95 Å². The summed E-state index contributed by atoms with van der Waals surface area (Å²) in [6.45, 7) is 1.39. The molecule has 0 spiro atoms. The third kappa shape index (κ3) is 1.43. The minimum absolute atomic E-state index is 0.143. The largest absolute Gasteiger partial charge is 0.341 e. The molecule has 0 amide bonds. The predicted molar refractivity (Wildman–Crippen MR) is 58.3 cm³/mol. The van der Waals surface area contributed by atoms with Gasteiger partial charge in [-0.05, 0) is 12.8 Å². The number of carbonyl (C=O) groups excluding carboxylic acids is 1. The molecule has 3 rings (SSSR count). The third-order valence-corrected chi connectivity index (χ3v) is 3.51. The van der Waals surface area contributed by atoms with Crippen LogP contribution in [0.1, 0.15) is 12.8 Å². The molecule has 1 saturated heterocycles. The van der Waals surface area contributed by atoms with Crippen molar-refractivity contribution in [3.63, 3.8) is 0 Å². The van der Waals surface area contributed by atoms with Crippen LogP contribution in [-0.4, -0.2) is 28.8 Å². The molecule has 84 valence electrons. The Bertz CT molecular complexity index is 466. The number of fused-ring (bicyclic) bond motifs is 2. The first-order chi connectivity index (χ1) is 7.74. The van der Waals surface area contributed by atoms with E-state index in [1.54, 1.807) is 0 Å². The second kappa shape index (κ2) is 3.43. The van der Waals surface area contributed by atoms with Crippen molar-refractivity contribution < 1.29 is 4.79 Å². The van der Waals surface area contributed by atoms with Crippen LogP contribution < -0.4 is 10.5 Å². The first-order valence-corrected chi connectivity index (χ1v) is 5.58. The molecule has 0 aromatic carbocycles. The lowest BCUT2D eigenvalue weighted by Gasteiger charge is -2.30. The first-order valence-electron chi connectivity index (χ1n) is 5.58. The number of hydrogen-bond donors (Lipinski definition) is 1. The van der Waals surface area contributed by atoms with Crippen LogP contribution in [0.5, 0.6) is 0 Å². The van der Waals surface area contributed by atoms with E-state index in [9.17, 15) is 9.59 Å². The van der Waals surface area contributed by atoms with E-state index >= 15 is 0 Å². The van der Waals surface area contributed by atoms with Crippen LogP contribution in [0.15, 0.2) is 17.1 Å². The molecule has 2 atom stereocenters. The molecular formula is C11H13N3O2. The lowest BCUT2D eigenvalue weighted by molar-refractivity contribution is -0.124. The van der Waals surface area contributed by atoms with Gasteiger partial charge < -0.3 is 4.90 Å². The maximum absolute atomic E-state index is 11.7. The Labute approximate surface area is 92.5 Å². The molecule has 2 bridgehead atoms. The van der Waals surface area contributed by atoms with Crippen LogP contribution >= 0.6 is 0 Å². The van der Waals surface area contributed by atoms with Crippen molar-refractivity contribution in [1.29, 1.82) is 0 Å². The number of piperidine rings is 1. The van der Waals surface area contributed by atoms with E-state index in [2.05, 4.69) is 9.97 Å². The lowest BCUT2D eigenvalue weighted by Crippen LogP contribution is -2.43. The molecule has 5 heteroatoms. The fourth-order valence-electron chi connectivity index (χ4n) is 2.68. The Morgan fingerprint density at radius 2 is 1.94 bits per heavy atom. The van der Waals surface area contributed by atoms with Crippen LogP contribution in [0.25, 0.3) is 0 Å². The fraction of sp³-hybridized carbons (Fsp3) is 0.545. The van der Waals surface area contributed by atoms with Gasteiger partial charge in [0.15, 0.2) is 0 Å². The third-order valence-electron chi connectivity index (χ3n) is 3.51. The van der Waals surface area contributed by atoms with Gasteiger partial charge in [-0.25, -0.2) is 4.98 Å². The molecule has 1 aromatic rings. The van der Waals surface area contributed by atoms with E-state index in [4.69, 9.17) is 0 Å². The summed E-state index contributed by atoms with van der Waals surface area (Å²) >= 11 is 0. The number of aromatic amines is 1. The Morgan fingerprint density at radius 1 is 1.25 bits per heavy atom. The highest BCUT2D eigenvalue weighted by atomic mass is 16.1. The number of aromatic nitrogens is 2. The molecule has 2 aliphatic rings. The summed E-state index contributed by atoms with van der Waals surface area (Å²) in [7, 11) is 0. The molecule has 2 heterocycles. The number of carbonyl (C=O) groups is 1. The minimum atomic E-state index is -0.144. The van der Waals surface area contributed by atoms with Gasteiger partial charge in [-0.3, -0.25) is 14.6 Å². The van der Waals surface area contributed by atoms with E-state index in [0.29, 0.717) is 24.8 Å². The summed E-state index contributed by atoms with van der Waals surface area (Å²) in [4.78, 5) is 31.8. The van der Waals surface area contributed by atoms with Crippen molar-refractivity contribution in [2.45, 2.75) is 12.8 Å². The van der Waals surface area contributed by atoms with Crippen molar-refractivity contribution >= 4 is 11.7 Å². The number of nitrogens with one attached hydrogen (secondary N) is 1. The minimum Gasteiger partial charge on any atom is -0.341 e. The second-order valence-corrected chi connectivity index (χ2v) is 4.54. The van der Waals surface area contributed by atoms with Gasteiger partial charge in [0.1, 0.15) is 5.78 Å². The molecule has 1 aliphatic heterocycles. The number of nitrogens with zero attached hydrogens (tertiary/aromatic N) is 2. The topological polar surface area (TPSA) is 66.1 Å². The number of anilines is 1. The predicted octanol–water partition coefficient (Wildman–Crippen LogP) is 0.185. The highest BCUT2D eigenvalue weighted by molar-refractivity contribution is 5.87. The van der Waals surface area contributed by atoms with Crippen LogP contribution in [0.3, 0.4) is 0 Å². The van der Waals surface area contributed by atoms with Gasteiger partial charge >= 0.3 is 0 Å². The van der Waals surface area contributed by atoms with Gasteiger partial charge in [-0.1, -0.05) is 0 Å². The molecule has 1 aromatic heterocycles. The average molecular weight is 219 g/mol. The Hall–Kier alpha value is -1.65. The number of rotatable bonds is 1. The molecule has 0 unspecified atom stereocenters. The van der Waals surface area contributed by atoms with Gasteiger partial charge in [-0.2, -0.15) is 0 Å². The van der Waals surface area contributed by atoms with Crippen molar-refractivity contribution in [3.05, 3.63) is 22.6 Å². The smallest absolute Gasteiger partial charge is 0.252 e. The van der Waals surface area contributed by atoms with Crippen molar-refractivity contribution in [2.24, 2.45) is 11.8 Å². The summed E-state index contributed by atoms with van der Waals surface area (Å²) in [6, 6.07) is 1.40. The van der Waals surface area contributed by atoms with Gasteiger partial charge in [0.05, 0.1) is 0 Å². The van der Waals surface area contributed by atoms with Crippen LogP contribution in [0, 0.1) is 11.8 Å². The Morgan fingerprint density at radius 3 is 2.56 bits per heavy atom. The van der Waals surface area contributed by atoms with Crippen molar-refractivity contribution in [3.8, 4) is 0 Å². The first kappa shape index (κ1) is 9.57. The summed E-state index contributed by atoms with van der Waals surface area (Å²) in [5, 5.41) is 0. The normalized spacial score (nSPS) is 28.5. The molecular weight excluding hydrogens is 206 g/mol. The number of ketones is 1. The molecule has 1 aliphatic carbocycles. The summed E-state index contributed by atoms with van der Waals surface area (Å²) < 4.78 is 0. The van der Waals surface area contributed by atoms with E-state index in [1.807, 2.05) is 4.90 Å². The fourth-order valence-corrected chi connectivity index (χ4v) is 2.68. The summed E-state index contributed by atoms with van der Waals surface area (Å²) in [5.41, 5.74) is -0.144.